The largest absolute Gasteiger partial charge is 0.494 e. The van der Waals surface area contributed by atoms with Gasteiger partial charge in [-0.15, -0.1) is 0 Å². The van der Waals surface area contributed by atoms with Crippen LogP contribution in [-0.2, 0) is 11.2 Å². The van der Waals surface area contributed by atoms with Crippen LogP contribution < -0.4 is 10.3 Å². The Balaban J connectivity index is 1.81. The van der Waals surface area contributed by atoms with Gasteiger partial charge in [-0.1, -0.05) is 55.8 Å². The predicted molar refractivity (Wildman–Crippen MR) is 144 cm³/mol. The molecule has 36 heavy (non-hydrogen) atoms. The number of carbonyl (C=O) groups excluding carboxylic acids is 1. The summed E-state index contributed by atoms with van der Waals surface area (Å²) in [5, 5.41) is 0.540. The number of fused-ring (bicyclic) bond motifs is 1. The molecule has 1 unspecified atom stereocenters. The predicted octanol–water partition coefficient (Wildman–Crippen LogP) is 5.72. The number of benzene rings is 3. The van der Waals surface area contributed by atoms with Crippen LogP contribution >= 0.6 is 0 Å². The van der Waals surface area contributed by atoms with E-state index in [4.69, 9.17) is 9.72 Å². The molecule has 4 rings (SSSR count). The van der Waals surface area contributed by atoms with Crippen molar-refractivity contribution < 1.29 is 9.53 Å². The van der Waals surface area contributed by atoms with Gasteiger partial charge in [0.1, 0.15) is 11.6 Å². The smallest absolute Gasteiger partial charge is 0.266 e. The first-order valence-electron chi connectivity index (χ1n) is 12.6. The molecule has 1 aromatic heterocycles. The fourth-order valence-electron chi connectivity index (χ4n) is 4.41. The normalized spacial score (nSPS) is 11.9. The van der Waals surface area contributed by atoms with E-state index in [0.29, 0.717) is 42.0 Å². The van der Waals surface area contributed by atoms with E-state index in [0.717, 1.165) is 24.2 Å². The Bertz CT molecular complexity index is 1360. The summed E-state index contributed by atoms with van der Waals surface area (Å²) in [6.07, 6.45) is 2.13. The lowest BCUT2D eigenvalue weighted by Crippen LogP contribution is -2.38. The molecule has 4 aromatic rings. The summed E-state index contributed by atoms with van der Waals surface area (Å²) in [5.41, 5.74) is 2.12. The number of hydrogen-bond donors (Lipinski definition) is 0. The molecule has 6 nitrogen and oxygen atoms in total. The minimum absolute atomic E-state index is 0.0165. The molecule has 186 valence electrons. The summed E-state index contributed by atoms with van der Waals surface area (Å²) in [6, 6.07) is 24.1. The second-order valence-corrected chi connectivity index (χ2v) is 8.83. The minimum atomic E-state index is -0.406. The first-order chi connectivity index (χ1) is 17.5. The van der Waals surface area contributed by atoms with Crippen LogP contribution in [0.25, 0.3) is 16.6 Å². The molecule has 0 saturated heterocycles. The van der Waals surface area contributed by atoms with Gasteiger partial charge in [0.05, 0.1) is 35.7 Å². The Labute approximate surface area is 212 Å². The maximum atomic E-state index is 13.8. The van der Waals surface area contributed by atoms with Crippen LogP contribution in [-0.4, -0.2) is 33.5 Å². The van der Waals surface area contributed by atoms with Crippen molar-refractivity contribution in [3.8, 4) is 11.4 Å². The van der Waals surface area contributed by atoms with E-state index < -0.39 is 6.04 Å². The highest BCUT2D eigenvalue weighted by Gasteiger charge is 2.26. The van der Waals surface area contributed by atoms with Gasteiger partial charge < -0.3 is 9.64 Å². The van der Waals surface area contributed by atoms with Crippen molar-refractivity contribution in [1.29, 1.82) is 0 Å². The van der Waals surface area contributed by atoms with Gasteiger partial charge in [-0.05, 0) is 62.2 Å². The molecular weight excluding hydrogens is 450 g/mol. The van der Waals surface area contributed by atoms with Crippen LogP contribution in [0.3, 0.4) is 0 Å². The van der Waals surface area contributed by atoms with E-state index in [1.54, 1.807) is 10.6 Å². The van der Waals surface area contributed by atoms with Crippen molar-refractivity contribution in [1.82, 2.24) is 14.5 Å². The summed E-state index contributed by atoms with van der Waals surface area (Å²) < 4.78 is 7.23. The molecule has 0 saturated carbocycles. The highest BCUT2D eigenvalue weighted by Crippen LogP contribution is 2.25. The standard InChI is InChI=1S/C30H33N3O3/c1-4-6-20-32(28(34)21-23-12-8-7-9-13-23)22(3)29-31-27-15-11-10-14-26(27)30(35)33(29)24-16-18-25(19-17-24)36-5-2/h7-19,22H,4-6,20-21H2,1-3H3. The summed E-state index contributed by atoms with van der Waals surface area (Å²) >= 11 is 0. The fraction of sp³-hybridized carbons (Fsp3) is 0.300. The van der Waals surface area contributed by atoms with Gasteiger partial charge in [0.25, 0.3) is 5.56 Å². The van der Waals surface area contributed by atoms with Gasteiger partial charge in [0.15, 0.2) is 0 Å². The number of aromatic nitrogens is 2. The number of hydrogen-bond acceptors (Lipinski definition) is 4. The molecule has 0 radical (unpaired) electrons. The number of para-hydroxylation sites is 1. The van der Waals surface area contributed by atoms with Gasteiger partial charge in [-0.3, -0.25) is 14.2 Å². The number of ether oxygens (including phenoxy) is 1. The summed E-state index contributed by atoms with van der Waals surface area (Å²) in [5.74, 6) is 1.29. The number of nitrogens with zero attached hydrogens (tertiary/aromatic N) is 3. The van der Waals surface area contributed by atoms with Crippen molar-refractivity contribution in [2.24, 2.45) is 0 Å². The molecule has 6 heteroatoms. The first-order valence-corrected chi connectivity index (χ1v) is 12.6. The summed E-state index contributed by atoms with van der Waals surface area (Å²) in [7, 11) is 0. The van der Waals surface area contributed by atoms with E-state index in [9.17, 15) is 9.59 Å². The molecule has 0 bridgehead atoms. The molecule has 0 spiro atoms. The van der Waals surface area contributed by atoms with Crippen molar-refractivity contribution in [2.75, 3.05) is 13.2 Å². The van der Waals surface area contributed by atoms with Crippen LogP contribution in [0, 0.1) is 0 Å². The van der Waals surface area contributed by atoms with Gasteiger partial charge in [-0.2, -0.15) is 0 Å². The van der Waals surface area contributed by atoms with Gasteiger partial charge in [0.2, 0.25) is 5.91 Å². The third-order valence-electron chi connectivity index (χ3n) is 6.32. The van der Waals surface area contributed by atoms with Crippen molar-refractivity contribution in [3.05, 3.63) is 101 Å². The zero-order valence-corrected chi connectivity index (χ0v) is 21.2. The Morgan fingerprint density at radius 2 is 1.67 bits per heavy atom. The van der Waals surface area contributed by atoms with Crippen LogP contribution in [0.4, 0.5) is 0 Å². The summed E-state index contributed by atoms with van der Waals surface area (Å²) in [6.45, 7) is 7.15. The average molecular weight is 484 g/mol. The molecule has 0 aliphatic heterocycles. The van der Waals surface area contributed by atoms with Crippen LogP contribution in [0.2, 0.25) is 0 Å². The van der Waals surface area contributed by atoms with Crippen LogP contribution in [0.1, 0.15) is 51.0 Å². The SMILES string of the molecule is CCCCN(C(=O)Cc1ccccc1)C(C)c1nc2ccccc2c(=O)n1-c1ccc(OCC)cc1. The third-order valence-corrected chi connectivity index (χ3v) is 6.32. The Morgan fingerprint density at radius 3 is 2.36 bits per heavy atom. The quantitative estimate of drug-likeness (QED) is 0.290. The molecule has 3 aromatic carbocycles. The van der Waals surface area contributed by atoms with E-state index in [-0.39, 0.29) is 11.5 Å². The third kappa shape index (κ3) is 5.48. The molecule has 0 fully saturated rings. The average Bonchev–Trinajstić information content (AvgIpc) is 2.90. The lowest BCUT2D eigenvalue weighted by molar-refractivity contribution is -0.132. The zero-order valence-electron chi connectivity index (χ0n) is 21.2. The first kappa shape index (κ1) is 25.2. The number of rotatable bonds is 10. The van der Waals surface area contributed by atoms with Crippen molar-refractivity contribution in [2.45, 2.75) is 46.1 Å². The second kappa shape index (κ2) is 11.7. The van der Waals surface area contributed by atoms with E-state index in [1.165, 1.54) is 0 Å². The Morgan fingerprint density at radius 1 is 0.972 bits per heavy atom. The molecule has 0 aliphatic rings. The topological polar surface area (TPSA) is 64.4 Å². The highest BCUT2D eigenvalue weighted by atomic mass is 16.5. The monoisotopic (exact) mass is 483 g/mol. The molecule has 0 N–H and O–H groups in total. The van der Waals surface area contributed by atoms with Crippen molar-refractivity contribution in [3.63, 3.8) is 0 Å². The van der Waals surface area contributed by atoms with Gasteiger partial charge in [0, 0.05) is 6.54 Å². The molecule has 1 atom stereocenters. The Kier molecular flexibility index (Phi) is 8.16. The van der Waals surface area contributed by atoms with E-state index in [1.807, 2.05) is 91.5 Å². The maximum absolute atomic E-state index is 13.8. The van der Waals surface area contributed by atoms with Crippen molar-refractivity contribution >= 4 is 16.8 Å². The zero-order chi connectivity index (χ0) is 25.5. The lowest BCUT2D eigenvalue weighted by atomic mass is 10.1. The lowest BCUT2D eigenvalue weighted by Gasteiger charge is -2.31. The maximum Gasteiger partial charge on any atom is 0.266 e. The van der Waals surface area contributed by atoms with Crippen LogP contribution in [0.5, 0.6) is 5.75 Å². The molecule has 1 amide bonds. The number of carbonyl (C=O) groups is 1. The van der Waals surface area contributed by atoms with E-state index in [2.05, 4.69) is 6.92 Å². The van der Waals surface area contributed by atoms with Crippen LogP contribution in [0.15, 0.2) is 83.7 Å². The van der Waals surface area contributed by atoms with Gasteiger partial charge >= 0.3 is 0 Å². The highest BCUT2D eigenvalue weighted by molar-refractivity contribution is 5.80. The number of amides is 1. The molecule has 0 aliphatic carbocycles. The molecular formula is C30H33N3O3. The van der Waals surface area contributed by atoms with E-state index >= 15 is 0 Å². The number of unbranched alkanes of at least 4 members (excludes halogenated alkanes) is 1. The summed E-state index contributed by atoms with van der Waals surface area (Å²) in [4.78, 5) is 34.1. The Hall–Kier alpha value is -3.93. The minimum Gasteiger partial charge on any atom is -0.494 e. The second-order valence-electron chi connectivity index (χ2n) is 8.83. The molecule has 1 heterocycles. The van der Waals surface area contributed by atoms with Gasteiger partial charge in [-0.25, -0.2) is 4.98 Å². The fourth-order valence-corrected chi connectivity index (χ4v) is 4.41.